The molecule has 0 spiro atoms. The van der Waals surface area contributed by atoms with E-state index in [0.29, 0.717) is 6.10 Å². The van der Waals surface area contributed by atoms with Gasteiger partial charge in [-0.2, -0.15) is 0 Å². The first kappa shape index (κ1) is 13.9. The van der Waals surface area contributed by atoms with Gasteiger partial charge in [-0.15, -0.1) is 0 Å². The van der Waals surface area contributed by atoms with Crippen LogP contribution in [0.1, 0.15) is 30.0 Å². The second kappa shape index (κ2) is 6.16. The first-order valence-electron chi connectivity index (χ1n) is 7.17. The van der Waals surface area contributed by atoms with Crippen LogP contribution in [0.15, 0.2) is 48.5 Å². The molecule has 3 rings (SSSR count). The molecular formula is C17H20N2O2. The molecule has 0 bridgehead atoms. The number of para-hydroxylation sites is 1. The van der Waals surface area contributed by atoms with E-state index in [1.54, 1.807) is 7.11 Å². The maximum absolute atomic E-state index is 5.85. The molecule has 0 aromatic heterocycles. The summed E-state index contributed by atoms with van der Waals surface area (Å²) < 4.78 is 11.3. The Balaban J connectivity index is 1.91. The van der Waals surface area contributed by atoms with E-state index in [1.807, 2.05) is 48.5 Å². The van der Waals surface area contributed by atoms with Crippen molar-refractivity contribution in [3.8, 4) is 11.5 Å². The predicted octanol–water partition coefficient (Wildman–Crippen LogP) is 2.79. The molecule has 2 aromatic carbocycles. The summed E-state index contributed by atoms with van der Waals surface area (Å²) in [5, 5.41) is 0. The molecule has 0 radical (unpaired) electrons. The van der Waals surface area contributed by atoms with Crippen molar-refractivity contribution in [2.24, 2.45) is 5.84 Å². The lowest BCUT2D eigenvalue weighted by Gasteiger charge is -2.20. The highest BCUT2D eigenvalue weighted by Gasteiger charge is 2.24. The molecule has 1 atom stereocenters. The van der Waals surface area contributed by atoms with E-state index in [2.05, 4.69) is 5.43 Å². The van der Waals surface area contributed by atoms with Crippen LogP contribution in [-0.2, 0) is 0 Å². The van der Waals surface area contributed by atoms with E-state index in [1.165, 1.54) is 0 Å². The number of benzene rings is 2. The molecule has 0 amide bonds. The van der Waals surface area contributed by atoms with Crippen LogP contribution in [0.5, 0.6) is 11.5 Å². The van der Waals surface area contributed by atoms with Gasteiger partial charge < -0.3 is 9.47 Å². The van der Waals surface area contributed by atoms with Gasteiger partial charge in [0, 0.05) is 5.56 Å². The van der Waals surface area contributed by atoms with Gasteiger partial charge in [-0.25, -0.2) is 5.43 Å². The van der Waals surface area contributed by atoms with Crippen molar-refractivity contribution in [1.82, 2.24) is 5.43 Å². The molecule has 2 aromatic rings. The van der Waals surface area contributed by atoms with Gasteiger partial charge in [-0.3, -0.25) is 5.84 Å². The van der Waals surface area contributed by atoms with Gasteiger partial charge in [-0.1, -0.05) is 30.3 Å². The zero-order chi connectivity index (χ0) is 14.7. The highest BCUT2D eigenvalue weighted by molar-refractivity contribution is 5.43. The molecule has 4 nitrogen and oxygen atoms in total. The molecule has 1 unspecified atom stereocenters. The molecule has 4 heteroatoms. The lowest BCUT2D eigenvalue weighted by molar-refractivity contribution is 0.302. The van der Waals surface area contributed by atoms with Gasteiger partial charge in [0.1, 0.15) is 11.5 Å². The third-order valence-corrected chi connectivity index (χ3v) is 3.64. The van der Waals surface area contributed by atoms with Crippen molar-refractivity contribution >= 4 is 0 Å². The smallest absolute Gasteiger partial charge is 0.124 e. The van der Waals surface area contributed by atoms with Gasteiger partial charge in [0.05, 0.1) is 19.3 Å². The SMILES string of the molecule is COc1ccccc1C(NN)c1cccc(OC2CC2)c1. The van der Waals surface area contributed by atoms with Crippen LogP contribution in [0.4, 0.5) is 0 Å². The molecular weight excluding hydrogens is 264 g/mol. The van der Waals surface area contributed by atoms with Crippen LogP contribution in [0.3, 0.4) is 0 Å². The monoisotopic (exact) mass is 284 g/mol. The van der Waals surface area contributed by atoms with Crippen LogP contribution < -0.4 is 20.7 Å². The number of nitrogens with one attached hydrogen (secondary N) is 1. The van der Waals surface area contributed by atoms with Crippen molar-refractivity contribution in [2.45, 2.75) is 25.0 Å². The summed E-state index contributed by atoms with van der Waals surface area (Å²) in [5.41, 5.74) is 4.93. The number of hydrazine groups is 1. The van der Waals surface area contributed by atoms with Crippen molar-refractivity contribution in [3.05, 3.63) is 59.7 Å². The number of hydrogen-bond acceptors (Lipinski definition) is 4. The summed E-state index contributed by atoms with van der Waals surface area (Å²) in [6.45, 7) is 0. The van der Waals surface area contributed by atoms with Crippen LogP contribution in [-0.4, -0.2) is 13.2 Å². The average molecular weight is 284 g/mol. The summed E-state index contributed by atoms with van der Waals surface area (Å²) in [5.74, 6) is 7.49. The molecule has 21 heavy (non-hydrogen) atoms. The molecule has 110 valence electrons. The van der Waals surface area contributed by atoms with Gasteiger partial charge >= 0.3 is 0 Å². The van der Waals surface area contributed by atoms with E-state index in [-0.39, 0.29) is 6.04 Å². The first-order chi connectivity index (χ1) is 10.3. The fourth-order valence-corrected chi connectivity index (χ4v) is 2.42. The van der Waals surface area contributed by atoms with Crippen molar-refractivity contribution in [2.75, 3.05) is 7.11 Å². The Labute approximate surface area is 124 Å². The second-order valence-corrected chi connectivity index (χ2v) is 5.23. The lowest BCUT2D eigenvalue weighted by Crippen LogP contribution is -2.29. The molecule has 1 aliphatic carbocycles. The van der Waals surface area contributed by atoms with Crippen LogP contribution in [0, 0.1) is 0 Å². The Morgan fingerprint density at radius 3 is 2.67 bits per heavy atom. The van der Waals surface area contributed by atoms with Crippen LogP contribution in [0.25, 0.3) is 0 Å². The Bertz CT molecular complexity index is 611. The summed E-state index contributed by atoms with van der Waals surface area (Å²) in [6.07, 6.45) is 2.68. The minimum atomic E-state index is -0.135. The summed E-state index contributed by atoms with van der Waals surface area (Å²) in [7, 11) is 1.67. The zero-order valence-electron chi connectivity index (χ0n) is 12.1. The van der Waals surface area contributed by atoms with Crippen molar-refractivity contribution in [1.29, 1.82) is 0 Å². The van der Waals surface area contributed by atoms with E-state index >= 15 is 0 Å². The Kier molecular flexibility index (Phi) is 4.08. The number of nitrogens with two attached hydrogens (primary N) is 1. The number of rotatable bonds is 6. The molecule has 1 saturated carbocycles. The van der Waals surface area contributed by atoms with Crippen LogP contribution in [0.2, 0.25) is 0 Å². The largest absolute Gasteiger partial charge is 0.496 e. The van der Waals surface area contributed by atoms with Gasteiger partial charge in [0.25, 0.3) is 0 Å². The number of ether oxygens (including phenoxy) is 2. The quantitative estimate of drug-likeness (QED) is 0.632. The minimum absolute atomic E-state index is 0.135. The molecule has 1 aliphatic rings. The number of methoxy groups -OCH3 is 1. The summed E-state index contributed by atoms with van der Waals surface area (Å²) >= 11 is 0. The normalized spacial score (nSPS) is 15.5. The maximum atomic E-state index is 5.85. The first-order valence-corrected chi connectivity index (χ1v) is 7.17. The fourth-order valence-electron chi connectivity index (χ4n) is 2.42. The standard InChI is InChI=1S/C17H20N2O2/c1-20-16-8-3-2-7-15(16)17(19-18)12-5-4-6-14(11-12)21-13-9-10-13/h2-8,11,13,17,19H,9-10,18H2,1H3. The maximum Gasteiger partial charge on any atom is 0.124 e. The highest BCUT2D eigenvalue weighted by Crippen LogP contribution is 2.32. The second-order valence-electron chi connectivity index (χ2n) is 5.23. The van der Waals surface area contributed by atoms with E-state index < -0.39 is 0 Å². The van der Waals surface area contributed by atoms with E-state index in [9.17, 15) is 0 Å². The molecule has 3 N–H and O–H groups in total. The Morgan fingerprint density at radius 2 is 1.95 bits per heavy atom. The topological polar surface area (TPSA) is 56.5 Å². The third kappa shape index (κ3) is 3.17. The van der Waals surface area contributed by atoms with Crippen LogP contribution >= 0.6 is 0 Å². The van der Waals surface area contributed by atoms with Gasteiger partial charge in [-0.05, 0) is 36.6 Å². The average Bonchev–Trinajstić information content (AvgIpc) is 3.33. The molecule has 0 saturated heterocycles. The van der Waals surface area contributed by atoms with E-state index in [0.717, 1.165) is 35.5 Å². The van der Waals surface area contributed by atoms with Crippen molar-refractivity contribution < 1.29 is 9.47 Å². The molecule has 0 aliphatic heterocycles. The van der Waals surface area contributed by atoms with Crippen molar-refractivity contribution in [3.63, 3.8) is 0 Å². The zero-order valence-corrected chi connectivity index (χ0v) is 12.1. The number of hydrogen-bond donors (Lipinski definition) is 2. The summed E-state index contributed by atoms with van der Waals surface area (Å²) in [6, 6.07) is 15.8. The Morgan fingerprint density at radius 1 is 1.14 bits per heavy atom. The summed E-state index contributed by atoms with van der Waals surface area (Å²) in [4.78, 5) is 0. The Hall–Kier alpha value is -2.04. The van der Waals surface area contributed by atoms with Gasteiger partial charge in [0.2, 0.25) is 0 Å². The minimum Gasteiger partial charge on any atom is -0.496 e. The fraction of sp³-hybridized carbons (Fsp3) is 0.294. The lowest BCUT2D eigenvalue weighted by atomic mass is 9.98. The molecule has 0 heterocycles. The third-order valence-electron chi connectivity index (χ3n) is 3.64. The predicted molar refractivity (Wildman–Crippen MR) is 82.3 cm³/mol. The van der Waals surface area contributed by atoms with Gasteiger partial charge in [0.15, 0.2) is 0 Å². The highest BCUT2D eigenvalue weighted by atomic mass is 16.5. The molecule has 1 fully saturated rings. The van der Waals surface area contributed by atoms with E-state index in [4.69, 9.17) is 15.3 Å².